The molecule has 1 aliphatic carbocycles. The topological polar surface area (TPSA) is 35.5 Å². The van der Waals surface area contributed by atoms with E-state index in [4.69, 9.17) is 9.47 Å². The van der Waals surface area contributed by atoms with Crippen LogP contribution in [0.1, 0.15) is 26.7 Å². The number of carbonyl (C=O) groups is 1. The summed E-state index contributed by atoms with van der Waals surface area (Å²) in [5, 5.41) is 0. The summed E-state index contributed by atoms with van der Waals surface area (Å²) in [6.07, 6.45) is 2.80. The molecule has 0 amide bonds. The molecule has 0 aromatic rings. The quantitative estimate of drug-likeness (QED) is 0.650. The van der Waals surface area contributed by atoms with Gasteiger partial charge in [-0.3, -0.25) is 4.79 Å². The van der Waals surface area contributed by atoms with Crippen molar-refractivity contribution >= 4 is 5.78 Å². The summed E-state index contributed by atoms with van der Waals surface area (Å²) in [7, 11) is 3.26. The number of hydrogen-bond acceptors (Lipinski definition) is 3. The zero-order valence-electron chi connectivity index (χ0n) is 9.29. The highest BCUT2D eigenvalue weighted by molar-refractivity contribution is 5.91. The minimum atomic E-state index is -0.271. The van der Waals surface area contributed by atoms with Crippen molar-refractivity contribution in [2.24, 2.45) is 5.41 Å². The van der Waals surface area contributed by atoms with Crippen LogP contribution in [0.2, 0.25) is 0 Å². The van der Waals surface area contributed by atoms with Crippen molar-refractivity contribution in [2.75, 3.05) is 14.2 Å². The molecule has 0 N–H and O–H groups in total. The molecule has 0 aromatic carbocycles. The van der Waals surface area contributed by atoms with E-state index in [1.807, 2.05) is 6.92 Å². The van der Waals surface area contributed by atoms with E-state index < -0.39 is 0 Å². The molecule has 1 aliphatic rings. The fraction of sp³-hybridized carbons (Fsp3) is 0.727. The Hall–Kier alpha value is -0.670. The number of rotatable bonds is 3. The van der Waals surface area contributed by atoms with Gasteiger partial charge in [-0.25, -0.2) is 0 Å². The van der Waals surface area contributed by atoms with E-state index in [2.05, 4.69) is 6.92 Å². The van der Waals surface area contributed by atoms with Crippen LogP contribution in [0.25, 0.3) is 0 Å². The monoisotopic (exact) mass is 198 g/mol. The van der Waals surface area contributed by atoms with E-state index in [-0.39, 0.29) is 17.5 Å². The van der Waals surface area contributed by atoms with Crippen LogP contribution in [-0.2, 0) is 14.3 Å². The van der Waals surface area contributed by atoms with Crippen LogP contribution in [0.5, 0.6) is 0 Å². The van der Waals surface area contributed by atoms with E-state index in [9.17, 15) is 4.79 Å². The summed E-state index contributed by atoms with van der Waals surface area (Å²) >= 11 is 0. The smallest absolute Gasteiger partial charge is 0.165 e. The molecule has 3 heteroatoms. The fourth-order valence-corrected chi connectivity index (χ4v) is 1.98. The lowest BCUT2D eigenvalue weighted by Gasteiger charge is -2.38. The van der Waals surface area contributed by atoms with E-state index in [1.165, 1.54) is 0 Å². The lowest BCUT2D eigenvalue weighted by molar-refractivity contribution is -0.165. The molecule has 0 fully saturated rings. The molecular weight excluding hydrogens is 180 g/mol. The average molecular weight is 198 g/mol. The highest BCUT2D eigenvalue weighted by atomic mass is 16.7. The van der Waals surface area contributed by atoms with Crippen LogP contribution in [0.15, 0.2) is 11.6 Å². The van der Waals surface area contributed by atoms with Gasteiger partial charge in [0.15, 0.2) is 12.1 Å². The minimum absolute atomic E-state index is 0.169. The zero-order valence-corrected chi connectivity index (χ0v) is 9.29. The van der Waals surface area contributed by atoms with Gasteiger partial charge in [0.05, 0.1) is 0 Å². The molecule has 14 heavy (non-hydrogen) atoms. The average Bonchev–Trinajstić information content (AvgIpc) is 2.14. The Morgan fingerprint density at radius 2 is 2.00 bits per heavy atom. The van der Waals surface area contributed by atoms with Crippen LogP contribution in [0, 0.1) is 5.41 Å². The first-order valence-corrected chi connectivity index (χ1v) is 4.82. The third-order valence-corrected chi connectivity index (χ3v) is 3.12. The van der Waals surface area contributed by atoms with Crippen LogP contribution in [0.3, 0.4) is 0 Å². The second-order valence-corrected chi connectivity index (χ2v) is 4.01. The maximum absolute atomic E-state index is 11.2. The molecule has 1 atom stereocenters. The predicted molar refractivity (Wildman–Crippen MR) is 53.9 cm³/mol. The van der Waals surface area contributed by atoms with Gasteiger partial charge < -0.3 is 9.47 Å². The highest BCUT2D eigenvalue weighted by Gasteiger charge is 2.39. The summed E-state index contributed by atoms with van der Waals surface area (Å²) in [4.78, 5) is 11.2. The summed E-state index contributed by atoms with van der Waals surface area (Å²) in [5.41, 5.74) is 0.875. The standard InChI is InChI=1S/C11H18O3/c1-8-7-9(12)5-6-11(8,2)10(13-3)14-4/h7,10H,5-6H2,1-4H3. The number of methoxy groups -OCH3 is 2. The molecule has 0 spiro atoms. The third kappa shape index (κ3) is 1.88. The van der Waals surface area contributed by atoms with Gasteiger partial charge in [-0.05, 0) is 19.4 Å². The lowest BCUT2D eigenvalue weighted by atomic mass is 9.73. The molecule has 1 unspecified atom stereocenters. The van der Waals surface area contributed by atoms with Crippen LogP contribution in [-0.4, -0.2) is 26.3 Å². The van der Waals surface area contributed by atoms with E-state index in [1.54, 1.807) is 20.3 Å². The number of carbonyl (C=O) groups excluding carboxylic acids is 1. The van der Waals surface area contributed by atoms with Crippen molar-refractivity contribution < 1.29 is 14.3 Å². The Morgan fingerprint density at radius 1 is 1.43 bits per heavy atom. The molecule has 0 saturated heterocycles. The molecule has 0 radical (unpaired) electrons. The summed E-state index contributed by atoms with van der Waals surface area (Å²) in [5.74, 6) is 0.200. The van der Waals surface area contributed by atoms with Crippen LogP contribution in [0.4, 0.5) is 0 Å². The van der Waals surface area contributed by atoms with E-state index in [0.29, 0.717) is 6.42 Å². The fourth-order valence-electron chi connectivity index (χ4n) is 1.98. The van der Waals surface area contributed by atoms with Crippen molar-refractivity contribution in [3.05, 3.63) is 11.6 Å². The number of ether oxygens (including phenoxy) is 2. The van der Waals surface area contributed by atoms with Crippen molar-refractivity contribution in [1.29, 1.82) is 0 Å². The van der Waals surface area contributed by atoms with Gasteiger partial charge in [0.2, 0.25) is 0 Å². The van der Waals surface area contributed by atoms with Gasteiger partial charge in [0, 0.05) is 26.1 Å². The molecule has 0 aliphatic heterocycles. The molecule has 0 saturated carbocycles. The molecule has 0 bridgehead atoms. The summed E-state index contributed by atoms with van der Waals surface area (Å²) in [6.45, 7) is 4.03. The normalized spacial score (nSPS) is 28.1. The first-order valence-electron chi connectivity index (χ1n) is 4.82. The SMILES string of the molecule is COC(OC)C1(C)CCC(=O)C=C1C. The van der Waals surface area contributed by atoms with Gasteiger partial charge >= 0.3 is 0 Å². The zero-order chi connectivity index (χ0) is 10.8. The van der Waals surface area contributed by atoms with Crippen molar-refractivity contribution in [3.8, 4) is 0 Å². The molecule has 80 valence electrons. The maximum Gasteiger partial charge on any atom is 0.165 e. The Bertz CT molecular complexity index is 253. The van der Waals surface area contributed by atoms with Crippen LogP contribution < -0.4 is 0 Å². The second-order valence-electron chi connectivity index (χ2n) is 4.01. The predicted octanol–water partition coefficient (Wildman–Crippen LogP) is 1.92. The molecule has 0 aromatic heterocycles. The summed E-state index contributed by atoms with van der Waals surface area (Å²) < 4.78 is 10.5. The highest BCUT2D eigenvalue weighted by Crippen LogP contribution is 2.40. The molecule has 0 heterocycles. The maximum atomic E-state index is 11.2. The van der Waals surface area contributed by atoms with Crippen molar-refractivity contribution in [2.45, 2.75) is 33.0 Å². The van der Waals surface area contributed by atoms with Gasteiger partial charge in [-0.15, -0.1) is 0 Å². The summed E-state index contributed by atoms with van der Waals surface area (Å²) in [6, 6.07) is 0. The largest absolute Gasteiger partial charge is 0.355 e. The Labute approximate surface area is 85.1 Å². The number of allylic oxidation sites excluding steroid dienone is 1. The first kappa shape index (κ1) is 11.4. The lowest BCUT2D eigenvalue weighted by Crippen LogP contribution is -2.39. The van der Waals surface area contributed by atoms with Crippen molar-refractivity contribution in [3.63, 3.8) is 0 Å². The van der Waals surface area contributed by atoms with Gasteiger partial charge in [0.25, 0.3) is 0 Å². The van der Waals surface area contributed by atoms with Gasteiger partial charge in [-0.1, -0.05) is 12.5 Å². The van der Waals surface area contributed by atoms with E-state index >= 15 is 0 Å². The van der Waals surface area contributed by atoms with Gasteiger partial charge in [-0.2, -0.15) is 0 Å². The first-order chi connectivity index (χ1) is 6.54. The Morgan fingerprint density at radius 3 is 2.43 bits per heavy atom. The Balaban J connectivity index is 2.93. The van der Waals surface area contributed by atoms with Gasteiger partial charge in [0.1, 0.15) is 0 Å². The Kier molecular flexibility index (Phi) is 3.45. The molecular formula is C11H18O3. The molecule has 1 rings (SSSR count). The van der Waals surface area contributed by atoms with Crippen LogP contribution >= 0.6 is 0 Å². The third-order valence-electron chi connectivity index (χ3n) is 3.12. The van der Waals surface area contributed by atoms with E-state index in [0.717, 1.165) is 12.0 Å². The minimum Gasteiger partial charge on any atom is -0.355 e. The number of ketones is 1. The van der Waals surface area contributed by atoms with Crippen molar-refractivity contribution in [1.82, 2.24) is 0 Å². The second kappa shape index (κ2) is 4.24. The number of hydrogen-bond donors (Lipinski definition) is 0. The molecule has 3 nitrogen and oxygen atoms in total.